The van der Waals surface area contributed by atoms with Crippen LogP contribution in [0.3, 0.4) is 0 Å². The lowest BCUT2D eigenvalue weighted by molar-refractivity contribution is -0.136. The predicted octanol–water partition coefficient (Wildman–Crippen LogP) is 2.60. The molecule has 1 aromatic rings. The van der Waals surface area contributed by atoms with Gasteiger partial charge in [-0.1, -0.05) is 30.1 Å². The Morgan fingerprint density at radius 2 is 2.25 bits per heavy atom. The Kier molecular flexibility index (Phi) is 5.13. The zero-order valence-electron chi connectivity index (χ0n) is 11.2. The van der Waals surface area contributed by atoms with E-state index >= 15 is 0 Å². The molecule has 1 N–H and O–H groups in total. The summed E-state index contributed by atoms with van der Waals surface area (Å²) in [6, 6.07) is 4.87. The van der Waals surface area contributed by atoms with Crippen molar-refractivity contribution < 1.29 is 14.6 Å². The second kappa shape index (κ2) is 6.66. The second-order valence-electron chi connectivity index (χ2n) is 5.04. The minimum atomic E-state index is -0.331. The van der Waals surface area contributed by atoms with Gasteiger partial charge in [-0.3, -0.25) is 4.79 Å². The Morgan fingerprint density at radius 1 is 1.50 bits per heavy atom. The minimum absolute atomic E-state index is 0.0805. The Balaban J connectivity index is 1.90. The monoisotopic (exact) mass is 317 g/mol. The number of hydrogen-bond acceptors (Lipinski definition) is 3. The van der Waals surface area contributed by atoms with Crippen LogP contribution in [-0.4, -0.2) is 41.7 Å². The van der Waals surface area contributed by atoms with Crippen LogP contribution in [0, 0.1) is 5.92 Å². The first-order valence-corrected chi connectivity index (χ1v) is 7.26. The number of rotatable bonds is 3. The predicted molar refractivity (Wildman–Crippen MR) is 78.3 cm³/mol. The van der Waals surface area contributed by atoms with Gasteiger partial charge in [0, 0.05) is 24.2 Å². The van der Waals surface area contributed by atoms with Crippen molar-refractivity contribution in [3.8, 4) is 5.75 Å². The maximum Gasteiger partial charge on any atom is 0.260 e. The topological polar surface area (TPSA) is 49.8 Å². The highest BCUT2D eigenvalue weighted by molar-refractivity contribution is 6.34. The number of piperidine rings is 1. The fraction of sp³-hybridized carbons (Fsp3) is 0.500. The molecule has 2 atom stereocenters. The quantitative estimate of drug-likeness (QED) is 0.932. The Bertz CT molecular complexity index is 495. The van der Waals surface area contributed by atoms with Crippen molar-refractivity contribution in [2.45, 2.75) is 19.4 Å². The van der Waals surface area contributed by atoms with Crippen molar-refractivity contribution in [3.05, 3.63) is 28.2 Å². The molecule has 1 saturated heterocycles. The number of halogens is 2. The molecule has 1 aliphatic rings. The van der Waals surface area contributed by atoms with Crippen LogP contribution in [0.1, 0.15) is 13.3 Å². The van der Waals surface area contributed by atoms with E-state index in [9.17, 15) is 9.90 Å². The van der Waals surface area contributed by atoms with Gasteiger partial charge in [0.2, 0.25) is 0 Å². The van der Waals surface area contributed by atoms with Crippen LogP contribution in [0.4, 0.5) is 0 Å². The SMILES string of the molecule is CC1CN(C(=O)COc2cc(Cl)ccc2Cl)CCC1O. The molecule has 2 rings (SSSR count). The molecule has 0 saturated carbocycles. The van der Waals surface area contributed by atoms with Gasteiger partial charge in [-0.25, -0.2) is 0 Å². The lowest BCUT2D eigenvalue weighted by atomic mass is 9.97. The first kappa shape index (κ1) is 15.4. The molecule has 1 aliphatic heterocycles. The maximum absolute atomic E-state index is 12.1. The molecule has 1 aromatic carbocycles. The number of likely N-dealkylation sites (tertiary alicyclic amines) is 1. The van der Waals surface area contributed by atoms with E-state index in [2.05, 4.69) is 0 Å². The van der Waals surface area contributed by atoms with Gasteiger partial charge in [-0.2, -0.15) is 0 Å². The number of benzene rings is 1. The molecule has 1 fully saturated rings. The fourth-order valence-electron chi connectivity index (χ4n) is 2.18. The molecule has 20 heavy (non-hydrogen) atoms. The third-order valence-corrected chi connectivity index (χ3v) is 4.00. The van der Waals surface area contributed by atoms with Crippen LogP contribution in [0.5, 0.6) is 5.75 Å². The normalized spacial score (nSPS) is 22.7. The van der Waals surface area contributed by atoms with E-state index < -0.39 is 0 Å². The summed E-state index contributed by atoms with van der Waals surface area (Å²) in [6.45, 7) is 2.95. The molecule has 110 valence electrons. The molecular weight excluding hydrogens is 301 g/mol. The van der Waals surface area contributed by atoms with Gasteiger partial charge < -0.3 is 14.7 Å². The van der Waals surface area contributed by atoms with E-state index in [1.165, 1.54) is 0 Å². The van der Waals surface area contributed by atoms with Crippen LogP contribution >= 0.6 is 23.2 Å². The molecule has 1 amide bonds. The summed E-state index contributed by atoms with van der Waals surface area (Å²) in [5.41, 5.74) is 0. The van der Waals surface area contributed by atoms with Gasteiger partial charge in [0.25, 0.3) is 5.91 Å². The largest absolute Gasteiger partial charge is 0.482 e. The summed E-state index contributed by atoms with van der Waals surface area (Å²) in [7, 11) is 0. The van der Waals surface area contributed by atoms with E-state index in [1.54, 1.807) is 23.1 Å². The van der Waals surface area contributed by atoms with E-state index in [1.807, 2.05) is 6.92 Å². The molecule has 2 unspecified atom stereocenters. The summed E-state index contributed by atoms with van der Waals surface area (Å²) in [5, 5.41) is 10.6. The number of hydrogen-bond donors (Lipinski definition) is 1. The number of aliphatic hydroxyl groups is 1. The van der Waals surface area contributed by atoms with Crippen molar-refractivity contribution in [2.75, 3.05) is 19.7 Å². The van der Waals surface area contributed by atoms with Crippen LogP contribution in [-0.2, 0) is 4.79 Å². The molecule has 0 aliphatic carbocycles. The smallest absolute Gasteiger partial charge is 0.260 e. The van der Waals surface area contributed by atoms with Gasteiger partial charge >= 0.3 is 0 Å². The summed E-state index contributed by atoms with van der Waals surface area (Å²) in [4.78, 5) is 13.8. The van der Waals surface area contributed by atoms with Crippen molar-refractivity contribution in [2.24, 2.45) is 5.92 Å². The lowest BCUT2D eigenvalue weighted by Crippen LogP contribution is -2.46. The van der Waals surface area contributed by atoms with Gasteiger partial charge in [-0.15, -0.1) is 0 Å². The molecule has 0 radical (unpaired) electrons. The van der Waals surface area contributed by atoms with E-state index in [4.69, 9.17) is 27.9 Å². The highest BCUT2D eigenvalue weighted by Gasteiger charge is 2.27. The number of aliphatic hydroxyl groups excluding tert-OH is 1. The molecule has 1 heterocycles. The number of carbonyl (C=O) groups excluding carboxylic acids is 1. The van der Waals surface area contributed by atoms with E-state index in [0.29, 0.717) is 35.3 Å². The molecule has 0 aromatic heterocycles. The van der Waals surface area contributed by atoms with E-state index in [-0.39, 0.29) is 24.5 Å². The van der Waals surface area contributed by atoms with Crippen LogP contribution in [0.15, 0.2) is 18.2 Å². The molecular formula is C14H17Cl2NO3. The number of nitrogens with zero attached hydrogens (tertiary/aromatic N) is 1. The zero-order valence-corrected chi connectivity index (χ0v) is 12.7. The summed E-state index contributed by atoms with van der Waals surface area (Å²) in [5.74, 6) is 0.375. The Morgan fingerprint density at radius 3 is 2.95 bits per heavy atom. The first-order chi connectivity index (χ1) is 9.47. The lowest BCUT2D eigenvalue weighted by Gasteiger charge is -2.34. The van der Waals surface area contributed by atoms with Crippen molar-refractivity contribution >= 4 is 29.1 Å². The van der Waals surface area contributed by atoms with Crippen molar-refractivity contribution in [1.82, 2.24) is 4.90 Å². The number of carbonyl (C=O) groups is 1. The van der Waals surface area contributed by atoms with Crippen LogP contribution in [0.25, 0.3) is 0 Å². The second-order valence-corrected chi connectivity index (χ2v) is 5.88. The first-order valence-electron chi connectivity index (χ1n) is 6.51. The Hall–Kier alpha value is -0.970. The molecule has 0 bridgehead atoms. The number of ether oxygens (including phenoxy) is 1. The van der Waals surface area contributed by atoms with Crippen molar-refractivity contribution in [3.63, 3.8) is 0 Å². The molecule has 6 heteroatoms. The fourth-order valence-corrected chi connectivity index (χ4v) is 2.51. The van der Waals surface area contributed by atoms with Crippen LogP contribution < -0.4 is 4.74 Å². The standard InChI is InChI=1S/C14H17Cl2NO3/c1-9-7-17(5-4-12(9)18)14(19)8-20-13-6-10(15)2-3-11(13)16/h2-3,6,9,12,18H,4-5,7-8H2,1H3. The van der Waals surface area contributed by atoms with Gasteiger partial charge in [0.1, 0.15) is 5.75 Å². The van der Waals surface area contributed by atoms with Crippen molar-refractivity contribution in [1.29, 1.82) is 0 Å². The molecule has 0 spiro atoms. The van der Waals surface area contributed by atoms with Gasteiger partial charge in [0.15, 0.2) is 6.61 Å². The number of amides is 1. The minimum Gasteiger partial charge on any atom is -0.482 e. The zero-order chi connectivity index (χ0) is 14.7. The van der Waals surface area contributed by atoms with E-state index in [0.717, 1.165) is 0 Å². The average molecular weight is 318 g/mol. The van der Waals surface area contributed by atoms with Gasteiger partial charge in [-0.05, 0) is 24.5 Å². The maximum atomic E-state index is 12.1. The Labute approximate surface area is 128 Å². The summed E-state index contributed by atoms with van der Waals surface area (Å²) < 4.78 is 5.42. The highest BCUT2D eigenvalue weighted by Crippen LogP contribution is 2.27. The third kappa shape index (κ3) is 3.78. The third-order valence-electron chi connectivity index (χ3n) is 3.46. The summed E-state index contributed by atoms with van der Waals surface area (Å²) in [6.07, 6.45) is 0.271. The van der Waals surface area contributed by atoms with Gasteiger partial charge in [0.05, 0.1) is 11.1 Å². The highest BCUT2D eigenvalue weighted by atomic mass is 35.5. The molecule has 4 nitrogen and oxygen atoms in total. The average Bonchev–Trinajstić information content (AvgIpc) is 2.42. The van der Waals surface area contributed by atoms with Crippen LogP contribution in [0.2, 0.25) is 10.0 Å². The summed E-state index contributed by atoms with van der Waals surface area (Å²) >= 11 is 11.8.